The number of thioether (sulfide) groups is 1. The fourth-order valence-electron chi connectivity index (χ4n) is 3.07. The van der Waals surface area contributed by atoms with Crippen LogP contribution in [0.4, 0.5) is 5.69 Å². The Morgan fingerprint density at radius 1 is 1.46 bits per heavy atom. The van der Waals surface area contributed by atoms with E-state index in [2.05, 4.69) is 12.2 Å². The van der Waals surface area contributed by atoms with E-state index in [1.807, 2.05) is 24.0 Å². The Morgan fingerprint density at radius 3 is 3.08 bits per heavy atom. The summed E-state index contributed by atoms with van der Waals surface area (Å²) in [7, 11) is 0. The van der Waals surface area contributed by atoms with Crippen molar-refractivity contribution in [3.05, 3.63) is 23.8 Å². The summed E-state index contributed by atoms with van der Waals surface area (Å²) in [6, 6.07) is 5.58. The summed E-state index contributed by atoms with van der Waals surface area (Å²) >= 11 is 1.53. The lowest BCUT2D eigenvalue weighted by atomic mass is 10.1. The van der Waals surface area contributed by atoms with Crippen LogP contribution in [0, 0.1) is 0 Å². The molecule has 2 aliphatic rings. The van der Waals surface area contributed by atoms with Crippen LogP contribution in [-0.2, 0) is 9.53 Å². The van der Waals surface area contributed by atoms with E-state index in [1.54, 1.807) is 6.07 Å². The number of anilines is 1. The standard InChI is InChI=1S/C18H24N2O3S/c1-3-9-23-14-5-4-8-20(11-14)18(22)13-6-7-16-15(10-13)19-17(21)12(2)24-16/h6-7,10,12,14H,3-5,8-9,11H2,1-2H3,(H,19,21)/t12-,14+/m0/s1. The Hall–Kier alpha value is -1.53. The van der Waals surface area contributed by atoms with Gasteiger partial charge in [0.1, 0.15) is 0 Å². The molecule has 3 rings (SSSR count). The third-order valence-electron chi connectivity index (χ3n) is 4.38. The van der Waals surface area contributed by atoms with Crippen molar-refractivity contribution in [1.82, 2.24) is 4.90 Å². The summed E-state index contributed by atoms with van der Waals surface area (Å²) < 4.78 is 5.81. The van der Waals surface area contributed by atoms with Gasteiger partial charge in [0.05, 0.1) is 17.0 Å². The number of amides is 2. The van der Waals surface area contributed by atoms with Crippen molar-refractivity contribution in [2.45, 2.75) is 49.4 Å². The van der Waals surface area contributed by atoms with Gasteiger partial charge in [-0.3, -0.25) is 9.59 Å². The molecule has 0 aromatic heterocycles. The second kappa shape index (κ2) is 7.57. The molecule has 2 aliphatic heterocycles. The lowest BCUT2D eigenvalue weighted by Gasteiger charge is -2.33. The number of nitrogens with one attached hydrogen (secondary N) is 1. The van der Waals surface area contributed by atoms with Crippen LogP contribution in [0.1, 0.15) is 43.5 Å². The molecule has 24 heavy (non-hydrogen) atoms. The molecule has 0 aliphatic carbocycles. The lowest BCUT2D eigenvalue weighted by Crippen LogP contribution is -2.43. The van der Waals surface area contributed by atoms with Crippen LogP contribution in [0.5, 0.6) is 0 Å². The summed E-state index contributed by atoms with van der Waals surface area (Å²) in [5.74, 6) is 0.00331. The first kappa shape index (κ1) is 17.3. The first-order chi connectivity index (χ1) is 11.6. The first-order valence-electron chi connectivity index (χ1n) is 8.61. The Labute approximate surface area is 147 Å². The molecular weight excluding hydrogens is 324 g/mol. The van der Waals surface area contributed by atoms with Crippen LogP contribution in [0.3, 0.4) is 0 Å². The summed E-state index contributed by atoms with van der Waals surface area (Å²) in [6.07, 6.45) is 3.11. The quantitative estimate of drug-likeness (QED) is 0.908. The highest BCUT2D eigenvalue weighted by molar-refractivity contribution is 8.00. The third-order valence-corrected chi connectivity index (χ3v) is 5.56. The van der Waals surface area contributed by atoms with Crippen LogP contribution in [-0.4, -0.2) is 47.8 Å². The van der Waals surface area contributed by atoms with Crippen molar-refractivity contribution in [2.75, 3.05) is 25.0 Å². The van der Waals surface area contributed by atoms with Crippen molar-refractivity contribution >= 4 is 29.3 Å². The third kappa shape index (κ3) is 3.75. The van der Waals surface area contributed by atoms with Crippen molar-refractivity contribution in [3.63, 3.8) is 0 Å². The van der Waals surface area contributed by atoms with Crippen LogP contribution in [0.15, 0.2) is 23.1 Å². The van der Waals surface area contributed by atoms with E-state index in [1.165, 1.54) is 11.8 Å². The SMILES string of the molecule is CCCO[C@@H]1CCCN(C(=O)c2ccc3c(c2)NC(=O)[C@H](C)S3)C1. The van der Waals surface area contributed by atoms with Gasteiger partial charge in [-0.1, -0.05) is 6.92 Å². The highest BCUT2D eigenvalue weighted by atomic mass is 32.2. The molecule has 2 heterocycles. The van der Waals surface area contributed by atoms with Gasteiger partial charge in [-0.25, -0.2) is 0 Å². The van der Waals surface area contributed by atoms with Crippen LogP contribution < -0.4 is 5.32 Å². The van der Waals surface area contributed by atoms with Gasteiger partial charge in [-0.05, 0) is 44.4 Å². The average Bonchev–Trinajstić information content (AvgIpc) is 2.60. The van der Waals surface area contributed by atoms with Gasteiger partial charge in [-0.2, -0.15) is 0 Å². The van der Waals surface area contributed by atoms with Gasteiger partial charge in [0, 0.05) is 30.2 Å². The molecular formula is C18H24N2O3S. The average molecular weight is 348 g/mol. The number of carbonyl (C=O) groups is 2. The summed E-state index contributed by atoms with van der Waals surface area (Å²) in [6.45, 7) is 6.12. The van der Waals surface area contributed by atoms with E-state index in [-0.39, 0.29) is 23.2 Å². The second-order valence-corrected chi connectivity index (χ2v) is 7.73. The molecule has 6 heteroatoms. The maximum Gasteiger partial charge on any atom is 0.254 e. The molecule has 1 N–H and O–H groups in total. The van der Waals surface area contributed by atoms with Crippen LogP contribution >= 0.6 is 11.8 Å². The molecule has 0 bridgehead atoms. The first-order valence-corrected chi connectivity index (χ1v) is 9.49. The van der Waals surface area contributed by atoms with Crippen molar-refractivity contribution in [1.29, 1.82) is 0 Å². The predicted octanol–water partition coefficient (Wildman–Crippen LogP) is 3.15. The molecule has 0 radical (unpaired) electrons. The number of hydrogen-bond donors (Lipinski definition) is 1. The van der Waals surface area contributed by atoms with Gasteiger partial charge < -0.3 is 15.0 Å². The number of rotatable bonds is 4. The molecule has 0 unspecified atom stereocenters. The largest absolute Gasteiger partial charge is 0.376 e. The number of benzene rings is 1. The molecule has 2 amide bonds. The number of nitrogens with zero attached hydrogens (tertiary/aromatic N) is 1. The van der Waals surface area contributed by atoms with E-state index in [4.69, 9.17) is 4.74 Å². The maximum absolute atomic E-state index is 12.8. The maximum atomic E-state index is 12.8. The molecule has 130 valence electrons. The van der Waals surface area contributed by atoms with E-state index in [9.17, 15) is 9.59 Å². The number of ether oxygens (including phenoxy) is 1. The summed E-state index contributed by atoms with van der Waals surface area (Å²) in [4.78, 5) is 27.5. The predicted molar refractivity (Wildman–Crippen MR) is 95.6 cm³/mol. The second-order valence-electron chi connectivity index (χ2n) is 6.35. The minimum absolute atomic E-state index is 0.0110. The van der Waals surface area contributed by atoms with Crippen LogP contribution in [0.25, 0.3) is 0 Å². The summed E-state index contributed by atoms with van der Waals surface area (Å²) in [5, 5.41) is 2.79. The minimum atomic E-state index is -0.0994. The van der Waals surface area contributed by atoms with Gasteiger partial charge in [0.15, 0.2) is 0 Å². The number of carbonyl (C=O) groups excluding carboxylic acids is 2. The summed E-state index contributed by atoms with van der Waals surface area (Å²) in [5.41, 5.74) is 1.37. The lowest BCUT2D eigenvalue weighted by molar-refractivity contribution is -0.115. The molecule has 1 fully saturated rings. The topological polar surface area (TPSA) is 58.6 Å². The molecule has 0 spiro atoms. The van der Waals surface area contributed by atoms with Gasteiger partial charge in [0.25, 0.3) is 5.91 Å². The van der Waals surface area contributed by atoms with Gasteiger partial charge >= 0.3 is 0 Å². The zero-order chi connectivity index (χ0) is 17.1. The Kier molecular flexibility index (Phi) is 5.46. The minimum Gasteiger partial charge on any atom is -0.376 e. The highest BCUT2D eigenvalue weighted by Crippen LogP contribution is 2.36. The van der Waals surface area contributed by atoms with E-state index < -0.39 is 0 Å². The van der Waals surface area contributed by atoms with E-state index in [0.29, 0.717) is 12.1 Å². The molecule has 0 saturated carbocycles. The fourth-order valence-corrected chi connectivity index (χ4v) is 4.00. The zero-order valence-electron chi connectivity index (χ0n) is 14.2. The Balaban J connectivity index is 1.71. The van der Waals surface area contributed by atoms with Crippen molar-refractivity contribution < 1.29 is 14.3 Å². The molecule has 2 atom stereocenters. The fraction of sp³-hybridized carbons (Fsp3) is 0.556. The monoisotopic (exact) mass is 348 g/mol. The zero-order valence-corrected chi connectivity index (χ0v) is 15.0. The normalized spacial score (nSPS) is 23.6. The number of piperidine rings is 1. The smallest absolute Gasteiger partial charge is 0.254 e. The Morgan fingerprint density at radius 2 is 2.29 bits per heavy atom. The van der Waals surface area contributed by atoms with Gasteiger partial charge in [0.2, 0.25) is 5.91 Å². The van der Waals surface area contributed by atoms with Crippen LogP contribution in [0.2, 0.25) is 0 Å². The van der Waals surface area contributed by atoms with Crippen molar-refractivity contribution in [2.24, 2.45) is 0 Å². The molecule has 1 aromatic rings. The Bertz CT molecular complexity index is 635. The molecule has 1 saturated heterocycles. The van der Waals surface area contributed by atoms with Crippen molar-refractivity contribution in [3.8, 4) is 0 Å². The number of likely N-dealkylation sites (tertiary alicyclic amines) is 1. The number of fused-ring (bicyclic) bond motifs is 1. The molecule has 1 aromatic carbocycles. The van der Waals surface area contributed by atoms with E-state index >= 15 is 0 Å². The highest BCUT2D eigenvalue weighted by Gasteiger charge is 2.27. The van der Waals surface area contributed by atoms with E-state index in [0.717, 1.165) is 43.0 Å². The molecule has 5 nitrogen and oxygen atoms in total. The van der Waals surface area contributed by atoms with Gasteiger partial charge in [-0.15, -0.1) is 11.8 Å². The number of hydrogen-bond acceptors (Lipinski definition) is 4.